The summed E-state index contributed by atoms with van der Waals surface area (Å²) in [6.07, 6.45) is 1.07. The molecule has 0 fully saturated rings. The maximum absolute atomic E-state index is 11.0. The molecule has 0 saturated heterocycles. The summed E-state index contributed by atoms with van der Waals surface area (Å²) in [6.45, 7) is 2.08. The van der Waals surface area contributed by atoms with Crippen LogP contribution in [-0.4, -0.2) is 30.9 Å². The Kier molecular flexibility index (Phi) is 7.28. The summed E-state index contributed by atoms with van der Waals surface area (Å²) in [4.78, 5) is 21.6. The SMILES string of the molecule is COC(=O)CCCOC(=O)CC(C)S. The highest BCUT2D eigenvalue weighted by Crippen LogP contribution is 2.01. The molecule has 0 saturated carbocycles. The first-order valence-electron chi connectivity index (χ1n) is 4.46. The predicted octanol–water partition coefficient (Wildman–Crippen LogP) is 1.19. The van der Waals surface area contributed by atoms with Gasteiger partial charge in [0, 0.05) is 11.7 Å². The molecular weight excluding hydrogens is 204 g/mol. The standard InChI is InChI=1S/C9H16O4S/c1-7(14)6-9(11)13-5-3-4-8(10)12-2/h7,14H,3-6H2,1-2H3. The highest BCUT2D eigenvalue weighted by atomic mass is 32.1. The lowest BCUT2D eigenvalue weighted by Gasteiger charge is -2.05. The van der Waals surface area contributed by atoms with Gasteiger partial charge in [-0.05, 0) is 6.42 Å². The lowest BCUT2D eigenvalue weighted by molar-refractivity contribution is -0.146. The minimum Gasteiger partial charge on any atom is -0.469 e. The van der Waals surface area contributed by atoms with Crippen molar-refractivity contribution in [2.45, 2.75) is 31.4 Å². The zero-order valence-corrected chi connectivity index (χ0v) is 9.38. The smallest absolute Gasteiger partial charge is 0.306 e. The second kappa shape index (κ2) is 7.67. The Balaban J connectivity index is 3.36. The van der Waals surface area contributed by atoms with Crippen LogP contribution < -0.4 is 0 Å². The van der Waals surface area contributed by atoms with E-state index in [1.54, 1.807) is 0 Å². The number of hydrogen-bond acceptors (Lipinski definition) is 5. The van der Waals surface area contributed by atoms with E-state index in [9.17, 15) is 9.59 Å². The highest BCUT2D eigenvalue weighted by Gasteiger charge is 2.06. The van der Waals surface area contributed by atoms with Gasteiger partial charge in [-0.3, -0.25) is 9.59 Å². The number of carbonyl (C=O) groups excluding carboxylic acids is 2. The van der Waals surface area contributed by atoms with Crippen molar-refractivity contribution in [3.8, 4) is 0 Å². The van der Waals surface area contributed by atoms with E-state index in [1.165, 1.54) is 7.11 Å². The van der Waals surface area contributed by atoms with Crippen molar-refractivity contribution >= 4 is 24.6 Å². The maximum Gasteiger partial charge on any atom is 0.306 e. The zero-order chi connectivity index (χ0) is 11.0. The van der Waals surface area contributed by atoms with Gasteiger partial charge in [0.05, 0.1) is 20.1 Å². The summed E-state index contributed by atoms with van der Waals surface area (Å²) in [7, 11) is 1.33. The van der Waals surface area contributed by atoms with Gasteiger partial charge in [0.2, 0.25) is 0 Å². The molecule has 5 heteroatoms. The molecular formula is C9H16O4S. The van der Waals surface area contributed by atoms with Gasteiger partial charge in [-0.25, -0.2) is 0 Å². The van der Waals surface area contributed by atoms with Crippen LogP contribution in [0.15, 0.2) is 0 Å². The summed E-state index contributed by atoms with van der Waals surface area (Å²) in [5.74, 6) is -0.569. The molecule has 82 valence electrons. The largest absolute Gasteiger partial charge is 0.469 e. The molecule has 0 rings (SSSR count). The molecule has 1 unspecified atom stereocenters. The average molecular weight is 220 g/mol. The number of ether oxygens (including phenoxy) is 2. The lowest BCUT2D eigenvalue weighted by Crippen LogP contribution is -2.11. The average Bonchev–Trinajstić information content (AvgIpc) is 2.10. The predicted molar refractivity (Wildman–Crippen MR) is 55.3 cm³/mol. The third-order valence-electron chi connectivity index (χ3n) is 1.48. The van der Waals surface area contributed by atoms with Crippen LogP contribution >= 0.6 is 12.6 Å². The van der Waals surface area contributed by atoms with Crippen molar-refractivity contribution < 1.29 is 19.1 Å². The monoisotopic (exact) mass is 220 g/mol. The van der Waals surface area contributed by atoms with Crippen molar-refractivity contribution in [1.29, 1.82) is 0 Å². The Morgan fingerprint density at radius 2 is 2.00 bits per heavy atom. The third-order valence-corrected chi connectivity index (χ3v) is 1.66. The van der Waals surface area contributed by atoms with E-state index in [1.807, 2.05) is 6.92 Å². The summed E-state index contributed by atoms with van der Waals surface area (Å²) in [5, 5.41) is 0.00288. The van der Waals surface area contributed by atoms with Crippen LogP contribution in [0.1, 0.15) is 26.2 Å². The molecule has 4 nitrogen and oxygen atoms in total. The number of hydrogen-bond donors (Lipinski definition) is 1. The molecule has 0 spiro atoms. The van der Waals surface area contributed by atoms with Crippen LogP contribution in [0.3, 0.4) is 0 Å². The minimum absolute atomic E-state index is 0.00288. The van der Waals surface area contributed by atoms with Crippen LogP contribution in [0.2, 0.25) is 0 Å². The summed E-state index contributed by atoms with van der Waals surface area (Å²) in [5.41, 5.74) is 0. The Morgan fingerprint density at radius 1 is 1.36 bits per heavy atom. The van der Waals surface area contributed by atoms with E-state index in [0.29, 0.717) is 12.8 Å². The number of esters is 2. The Bertz CT molecular complexity index is 191. The second-order valence-electron chi connectivity index (χ2n) is 2.95. The molecule has 0 aliphatic carbocycles. The summed E-state index contributed by atoms with van der Waals surface area (Å²) < 4.78 is 9.28. The van der Waals surface area contributed by atoms with E-state index in [0.717, 1.165) is 0 Å². The molecule has 0 aliphatic heterocycles. The number of thiol groups is 1. The van der Waals surface area contributed by atoms with Gasteiger partial charge in [-0.2, -0.15) is 12.6 Å². The number of rotatable bonds is 6. The molecule has 0 amide bonds. The van der Waals surface area contributed by atoms with Crippen molar-refractivity contribution in [1.82, 2.24) is 0 Å². The van der Waals surface area contributed by atoms with E-state index in [4.69, 9.17) is 4.74 Å². The first-order valence-corrected chi connectivity index (χ1v) is 4.98. The van der Waals surface area contributed by atoms with Gasteiger partial charge < -0.3 is 9.47 Å². The van der Waals surface area contributed by atoms with Crippen molar-refractivity contribution in [3.63, 3.8) is 0 Å². The first-order chi connectivity index (χ1) is 6.56. The van der Waals surface area contributed by atoms with Crippen molar-refractivity contribution in [2.75, 3.05) is 13.7 Å². The Hall–Kier alpha value is -0.710. The van der Waals surface area contributed by atoms with Crippen LogP contribution in [-0.2, 0) is 19.1 Å². The Morgan fingerprint density at radius 3 is 2.50 bits per heavy atom. The second-order valence-corrected chi connectivity index (χ2v) is 3.83. The van der Waals surface area contributed by atoms with Crippen LogP contribution in [0.5, 0.6) is 0 Å². The van der Waals surface area contributed by atoms with Crippen LogP contribution in [0.25, 0.3) is 0 Å². The van der Waals surface area contributed by atoms with Crippen molar-refractivity contribution in [2.24, 2.45) is 0 Å². The van der Waals surface area contributed by atoms with Crippen LogP contribution in [0.4, 0.5) is 0 Å². The van der Waals surface area contributed by atoms with Crippen molar-refractivity contribution in [3.05, 3.63) is 0 Å². The third kappa shape index (κ3) is 7.91. The molecule has 0 aliphatic rings. The molecule has 0 bridgehead atoms. The zero-order valence-electron chi connectivity index (χ0n) is 8.49. The molecule has 0 aromatic heterocycles. The first kappa shape index (κ1) is 13.3. The highest BCUT2D eigenvalue weighted by molar-refractivity contribution is 7.80. The summed E-state index contributed by atoms with van der Waals surface area (Å²) >= 11 is 4.06. The normalized spacial score (nSPS) is 11.9. The molecule has 0 aromatic rings. The Labute approximate surface area is 89.4 Å². The minimum atomic E-state index is -0.288. The van der Waals surface area contributed by atoms with Gasteiger partial charge >= 0.3 is 11.9 Å². The topological polar surface area (TPSA) is 52.6 Å². The van der Waals surface area contributed by atoms with Gasteiger partial charge in [-0.1, -0.05) is 6.92 Å². The molecule has 1 atom stereocenters. The van der Waals surface area contributed by atoms with Gasteiger partial charge in [0.25, 0.3) is 0 Å². The van der Waals surface area contributed by atoms with Crippen LogP contribution in [0, 0.1) is 0 Å². The number of carbonyl (C=O) groups is 2. The maximum atomic E-state index is 11.0. The molecule has 14 heavy (non-hydrogen) atoms. The quantitative estimate of drug-likeness (QED) is 0.415. The molecule has 0 heterocycles. The summed E-state index contributed by atoms with van der Waals surface area (Å²) in [6, 6.07) is 0. The van der Waals surface area contributed by atoms with Gasteiger partial charge in [0.1, 0.15) is 0 Å². The lowest BCUT2D eigenvalue weighted by atomic mass is 10.3. The van der Waals surface area contributed by atoms with E-state index >= 15 is 0 Å². The fourth-order valence-electron chi connectivity index (χ4n) is 0.805. The fraction of sp³-hybridized carbons (Fsp3) is 0.778. The van der Waals surface area contributed by atoms with Gasteiger partial charge in [0.15, 0.2) is 0 Å². The van der Waals surface area contributed by atoms with Gasteiger partial charge in [-0.15, -0.1) is 0 Å². The molecule has 0 aromatic carbocycles. The molecule has 0 N–H and O–H groups in total. The van der Waals surface area contributed by atoms with E-state index < -0.39 is 0 Å². The van der Waals surface area contributed by atoms with E-state index in [2.05, 4.69) is 17.4 Å². The fourth-order valence-corrected chi connectivity index (χ4v) is 0.954. The molecule has 0 radical (unpaired) electrons. The number of methoxy groups -OCH3 is 1. The van der Waals surface area contributed by atoms with E-state index in [-0.39, 0.29) is 30.2 Å².